The molecule has 2 heterocycles. The van der Waals surface area contributed by atoms with Crippen molar-refractivity contribution >= 4 is 15.9 Å². The van der Waals surface area contributed by atoms with Crippen LogP contribution in [0, 0.1) is 18.7 Å². The first-order valence-corrected chi connectivity index (χ1v) is 11.9. The van der Waals surface area contributed by atoms with E-state index in [4.69, 9.17) is 0 Å². The SMILES string of the molecule is Cc1nccn1-c1ccccc1CNC(=O)[C@@H]1CCCN(S(=O)(=O)c2ccc(F)cc2)C1. The van der Waals surface area contributed by atoms with E-state index in [1.165, 1.54) is 16.4 Å². The molecule has 0 unspecified atom stereocenters. The van der Waals surface area contributed by atoms with Crippen molar-refractivity contribution in [3.63, 3.8) is 0 Å². The van der Waals surface area contributed by atoms with Crippen molar-refractivity contribution in [2.24, 2.45) is 5.92 Å². The second kappa shape index (κ2) is 9.22. The monoisotopic (exact) mass is 456 g/mol. The molecule has 0 spiro atoms. The number of imidazole rings is 1. The number of carbonyl (C=O) groups excluding carboxylic acids is 1. The molecule has 3 aromatic rings. The first kappa shape index (κ1) is 22.2. The number of amides is 1. The molecular weight excluding hydrogens is 431 g/mol. The zero-order valence-electron chi connectivity index (χ0n) is 17.7. The summed E-state index contributed by atoms with van der Waals surface area (Å²) in [5.41, 5.74) is 1.88. The number of aryl methyl sites for hydroxylation is 1. The number of nitrogens with one attached hydrogen (secondary N) is 1. The van der Waals surface area contributed by atoms with Crippen LogP contribution in [0.3, 0.4) is 0 Å². The van der Waals surface area contributed by atoms with Crippen molar-refractivity contribution in [1.82, 2.24) is 19.2 Å². The standard InChI is InChI=1S/C23H25FN4O3S/c1-17-25-12-14-28(17)22-7-3-2-5-18(22)15-26-23(29)19-6-4-13-27(16-19)32(30,31)21-10-8-20(24)9-11-21/h2-3,5,7-12,14,19H,4,6,13,15-16H2,1H3,(H,26,29)/t19-/m1/s1. The van der Waals surface area contributed by atoms with Gasteiger partial charge in [-0.25, -0.2) is 17.8 Å². The van der Waals surface area contributed by atoms with Gasteiger partial charge < -0.3 is 9.88 Å². The summed E-state index contributed by atoms with van der Waals surface area (Å²) in [6.07, 6.45) is 4.80. The lowest BCUT2D eigenvalue weighted by molar-refractivity contribution is -0.126. The van der Waals surface area contributed by atoms with E-state index in [1.54, 1.807) is 6.20 Å². The summed E-state index contributed by atoms with van der Waals surface area (Å²) < 4.78 is 42.3. The van der Waals surface area contributed by atoms with Crippen LogP contribution in [0.5, 0.6) is 0 Å². The molecule has 1 fully saturated rings. The molecule has 0 radical (unpaired) electrons. The van der Waals surface area contributed by atoms with Gasteiger partial charge in [0, 0.05) is 32.0 Å². The zero-order chi connectivity index (χ0) is 22.7. The highest BCUT2D eigenvalue weighted by atomic mass is 32.2. The average Bonchev–Trinajstić information content (AvgIpc) is 3.23. The number of halogens is 1. The minimum absolute atomic E-state index is 0.0320. The Morgan fingerprint density at radius 1 is 1.19 bits per heavy atom. The fourth-order valence-electron chi connectivity index (χ4n) is 3.98. The van der Waals surface area contributed by atoms with Gasteiger partial charge in [-0.05, 0) is 55.7 Å². The molecule has 1 aromatic heterocycles. The number of hydrogen-bond donors (Lipinski definition) is 1. The summed E-state index contributed by atoms with van der Waals surface area (Å²) in [4.78, 5) is 17.2. The maximum Gasteiger partial charge on any atom is 0.243 e. The van der Waals surface area contributed by atoms with Gasteiger partial charge in [0.15, 0.2) is 0 Å². The number of rotatable bonds is 6. The second-order valence-corrected chi connectivity index (χ2v) is 9.79. The zero-order valence-corrected chi connectivity index (χ0v) is 18.6. The molecule has 4 rings (SSSR count). The van der Waals surface area contributed by atoms with Crippen LogP contribution in [0.25, 0.3) is 5.69 Å². The molecule has 1 saturated heterocycles. The van der Waals surface area contributed by atoms with Gasteiger partial charge in [0.05, 0.1) is 16.5 Å². The highest BCUT2D eigenvalue weighted by molar-refractivity contribution is 7.89. The Labute approximate surface area is 186 Å². The quantitative estimate of drug-likeness (QED) is 0.618. The Morgan fingerprint density at radius 3 is 2.66 bits per heavy atom. The van der Waals surface area contributed by atoms with Crippen LogP contribution in [0.4, 0.5) is 4.39 Å². The molecule has 9 heteroatoms. The van der Waals surface area contributed by atoms with E-state index >= 15 is 0 Å². The fourth-order valence-corrected chi connectivity index (χ4v) is 5.51. The molecule has 1 aliphatic rings. The largest absolute Gasteiger partial charge is 0.352 e. The molecule has 1 aliphatic heterocycles. The fraction of sp³-hybridized carbons (Fsp3) is 0.304. The van der Waals surface area contributed by atoms with Crippen molar-refractivity contribution < 1.29 is 17.6 Å². The van der Waals surface area contributed by atoms with E-state index in [1.807, 2.05) is 42.0 Å². The molecule has 1 N–H and O–H groups in total. The van der Waals surface area contributed by atoms with Crippen LogP contribution >= 0.6 is 0 Å². The Bertz CT molecular complexity index is 1210. The smallest absolute Gasteiger partial charge is 0.243 e. The van der Waals surface area contributed by atoms with Gasteiger partial charge in [-0.2, -0.15) is 4.31 Å². The van der Waals surface area contributed by atoms with Crippen LogP contribution in [0.2, 0.25) is 0 Å². The topological polar surface area (TPSA) is 84.3 Å². The van der Waals surface area contributed by atoms with Crippen molar-refractivity contribution in [3.05, 3.63) is 78.1 Å². The Morgan fingerprint density at radius 2 is 1.94 bits per heavy atom. The molecule has 1 atom stereocenters. The maximum absolute atomic E-state index is 13.2. The number of carbonyl (C=O) groups is 1. The number of aromatic nitrogens is 2. The predicted octanol–water partition coefficient (Wildman–Crippen LogP) is 3.04. The molecule has 0 saturated carbocycles. The molecule has 0 aliphatic carbocycles. The van der Waals surface area contributed by atoms with Crippen LogP contribution in [0.1, 0.15) is 24.2 Å². The number of benzene rings is 2. The highest BCUT2D eigenvalue weighted by Crippen LogP contribution is 2.24. The predicted molar refractivity (Wildman–Crippen MR) is 118 cm³/mol. The first-order chi connectivity index (χ1) is 15.4. The lowest BCUT2D eigenvalue weighted by Gasteiger charge is -2.31. The first-order valence-electron chi connectivity index (χ1n) is 10.5. The molecule has 32 heavy (non-hydrogen) atoms. The summed E-state index contributed by atoms with van der Waals surface area (Å²) in [6, 6.07) is 12.5. The van der Waals surface area contributed by atoms with Crippen LogP contribution in [-0.2, 0) is 21.4 Å². The van der Waals surface area contributed by atoms with Gasteiger partial charge in [0.2, 0.25) is 15.9 Å². The van der Waals surface area contributed by atoms with Gasteiger partial charge in [-0.15, -0.1) is 0 Å². The van der Waals surface area contributed by atoms with Gasteiger partial charge in [0.25, 0.3) is 0 Å². The highest BCUT2D eigenvalue weighted by Gasteiger charge is 2.33. The second-order valence-electron chi connectivity index (χ2n) is 7.85. The van der Waals surface area contributed by atoms with E-state index in [2.05, 4.69) is 10.3 Å². The third-order valence-electron chi connectivity index (χ3n) is 5.74. The molecule has 0 bridgehead atoms. The van der Waals surface area contributed by atoms with Crippen LogP contribution in [0.15, 0.2) is 65.8 Å². The summed E-state index contributed by atoms with van der Waals surface area (Å²) >= 11 is 0. The summed E-state index contributed by atoms with van der Waals surface area (Å²) in [6.45, 7) is 2.68. The Balaban J connectivity index is 1.44. The van der Waals surface area contributed by atoms with Crippen molar-refractivity contribution in [1.29, 1.82) is 0 Å². The van der Waals surface area contributed by atoms with Crippen molar-refractivity contribution in [3.8, 4) is 5.69 Å². The maximum atomic E-state index is 13.2. The molecule has 1 amide bonds. The summed E-state index contributed by atoms with van der Waals surface area (Å²) in [5.74, 6) is -0.272. The number of para-hydroxylation sites is 1. The van der Waals surface area contributed by atoms with Crippen LogP contribution < -0.4 is 5.32 Å². The molecule has 7 nitrogen and oxygen atoms in total. The Kier molecular flexibility index (Phi) is 6.38. The number of nitrogens with zero attached hydrogens (tertiary/aromatic N) is 3. The minimum atomic E-state index is -3.78. The van der Waals surface area contributed by atoms with Crippen molar-refractivity contribution in [2.45, 2.75) is 31.2 Å². The van der Waals surface area contributed by atoms with E-state index in [-0.39, 0.29) is 17.3 Å². The van der Waals surface area contributed by atoms with Crippen LogP contribution in [-0.4, -0.2) is 41.3 Å². The number of hydrogen-bond acceptors (Lipinski definition) is 4. The Hall–Kier alpha value is -3.04. The van der Waals surface area contributed by atoms with E-state index in [0.29, 0.717) is 25.9 Å². The van der Waals surface area contributed by atoms with E-state index in [0.717, 1.165) is 29.2 Å². The van der Waals surface area contributed by atoms with Gasteiger partial charge in [0.1, 0.15) is 11.6 Å². The van der Waals surface area contributed by atoms with Gasteiger partial charge in [-0.1, -0.05) is 18.2 Å². The lowest BCUT2D eigenvalue weighted by atomic mass is 9.98. The third kappa shape index (κ3) is 4.58. The normalized spacial score (nSPS) is 17.2. The summed E-state index contributed by atoms with van der Waals surface area (Å²) in [7, 11) is -3.78. The molecular formula is C23H25FN4O3S. The minimum Gasteiger partial charge on any atom is -0.352 e. The molecule has 168 valence electrons. The molecule has 2 aromatic carbocycles. The lowest BCUT2D eigenvalue weighted by Crippen LogP contribution is -2.45. The number of sulfonamides is 1. The van der Waals surface area contributed by atoms with Gasteiger partial charge in [-0.3, -0.25) is 4.79 Å². The number of piperidine rings is 1. The van der Waals surface area contributed by atoms with E-state index in [9.17, 15) is 17.6 Å². The van der Waals surface area contributed by atoms with Crippen molar-refractivity contribution in [2.75, 3.05) is 13.1 Å². The van der Waals surface area contributed by atoms with Gasteiger partial charge >= 0.3 is 0 Å². The summed E-state index contributed by atoms with van der Waals surface area (Å²) in [5, 5.41) is 2.97. The average molecular weight is 457 g/mol. The van der Waals surface area contributed by atoms with E-state index < -0.39 is 21.8 Å². The third-order valence-corrected chi connectivity index (χ3v) is 7.62.